The Hall–Kier alpha value is -2.89. The molecule has 1 aliphatic heterocycles. The second kappa shape index (κ2) is 11.5. The number of amides is 1. The summed E-state index contributed by atoms with van der Waals surface area (Å²) in [5, 5.41) is 2.63. The van der Waals surface area contributed by atoms with Crippen molar-refractivity contribution in [3.05, 3.63) is 41.7 Å². The van der Waals surface area contributed by atoms with Crippen LogP contribution in [0.15, 0.2) is 35.2 Å². The van der Waals surface area contributed by atoms with Gasteiger partial charge in [0.2, 0.25) is 15.8 Å². The molecule has 186 valence electrons. The van der Waals surface area contributed by atoms with E-state index in [1.807, 2.05) is 6.92 Å². The summed E-state index contributed by atoms with van der Waals surface area (Å²) in [5.41, 5.74) is 0.334. The molecule has 34 heavy (non-hydrogen) atoms. The average Bonchev–Trinajstić information content (AvgIpc) is 2.83. The second-order valence-corrected chi connectivity index (χ2v) is 9.12. The van der Waals surface area contributed by atoms with Crippen LogP contribution in [0.25, 0.3) is 0 Å². The average molecular weight is 497 g/mol. The second-order valence-electron chi connectivity index (χ2n) is 7.22. The number of rotatable bonds is 10. The van der Waals surface area contributed by atoms with Gasteiger partial charge in [0, 0.05) is 24.3 Å². The maximum absolute atomic E-state index is 14.5. The highest BCUT2D eigenvalue weighted by molar-refractivity contribution is 7.89. The van der Waals surface area contributed by atoms with Crippen molar-refractivity contribution >= 4 is 21.6 Å². The van der Waals surface area contributed by atoms with E-state index in [9.17, 15) is 17.6 Å². The van der Waals surface area contributed by atoms with Gasteiger partial charge in [0.1, 0.15) is 10.7 Å². The number of hydrogen-bond acceptors (Lipinski definition) is 7. The normalized spacial score (nSPS) is 14.5. The molecule has 2 aromatic rings. The number of benzene rings is 2. The zero-order valence-electron chi connectivity index (χ0n) is 19.4. The summed E-state index contributed by atoms with van der Waals surface area (Å²) >= 11 is 0. The molecule has 0 radical (unpaired) electrons. The molecular weight excluding hydrogens is 467 g/mol. The predicted molar refractivity (Wildman–Crippen MR) is 124 cm³/mol. The molecule has 1 N–H and O–H groups in total. The number of halogens is 1. The van der Waals surface area contributed by atoms with E-state index < -0.39 is 26.6 Å². The SMILES string of the molecule is CCOc1cc(C(=O)Nc2ccc(F)c(S(=O)(=O)N3CCOCC3)c2)cc(OCC)c1OCC. The molecule has 2 aromatic carbocycles. The van der Waals surface area contributed by atoms with E-state index in [0.717, 1.165) is 16.4 Å². The molecule has 11 heteroatoms. The highest BCUT2D eigenvalue weighted by Gasteiger charge is 2.29. The van der Waals surface area contributed by atoms with Crippen LogP contribution < -0.4 is 19.5 Å². The third-order valence-electron chi connectivity index (χ3n) is 4.95. The number of carbonyl (C=O) groups excluding carboxylic acids is 1. The van der Waals surface area contributed by atoms with Crippen LogP contribution in [-0.4, -0.2) is 64.8 Å². The van der Waals surface area contributed by atoms with Crippen molar-refractivity contribution in [2.24, 2.45) is 0 Å². The van der Waals surface area contributed by atoms with Crippen molar-refractivity contribution < 1.29 is 36.6 Å². The molecule has 0 spiro atoms. The van der Waals surface area contributed by atoms with Crippen LogP contribution in [0.2, 0.25) is 0 Å². The third kappa shape index (κ3) is 5.78. The Labute approximate surface area is 198 Å². The van der Waals surface area contributed by atoms with Gasteiger partial charge in [-0.15, -0.1) is 0 Å². The van der Waals surface area contributed by atoms with Gasteiger partial charge in [-0.25, -0.2) is 12.8 Å². The number of hydrogen-bond donors (Lipinski definition) is 1. The van der Waals surface area contributed by atoms with Gasteiger partial charge in [-0.3, -0.25) is 4.79 Å². The fraction of sp³-hybridized carbons (Fsp3) is 0.435. The van der Waals surface area contributed by atoms with Crippen LogP contribution in [0.3, 0.4) is 0 Å². The van der Waals surface area contributed by atoms with Crippen LogP contribution in [0.4, 0.5) is 10.1 Å². The number of morpholine rings is 1. The largest absolute Gasteiger partial charge is 0.490 e. The van der Waals surface area contributed by atoms with Crippen LogP contribution >= 0.6 is 0 Å². The Morgan fingerprint density at radius 2 is 1.59 bits per heavy atom. The first-order valence-corrected chi connectivity index (χ1v) is 12.5. The summed E-state index contributed by atoms with van der Waals surface area (Å²) in [5.74, 6) is -0.372. The molecule has 1 aliphatic rings. The molecule has 9 nitrogen and oxygen atoms in total. The summed E-state index contributed by atoms with van der Waals surface area (Å²) in [6, 6.07) is 6.45. The zero-order valence-corrected chi connectivity index (χ0v) is 20.2. The monoisotopic (exact) mass is 496 g/mol. The first-order valence-electron chi connectivity index (χ1n) is 11.1. The molecule has 1 heterocycles. The van der Waals surface area contributed by atoms with Crippen molar-refractivity contribution in [2.75, 3.05) is 51.4 Å². The lowest BCUT2D eigenvalue weighted by Gasteiger charge is -2.26. The predicted octanol–water partition coefficient (Wildman–Crippen LogP) is 3.30. The van der Waals surface area contributed by atoms with E-state index in [0.29, 0.717) is 37.1 Å². The Morgan fingerprint density at radius 1 is 1.00 bits per heavy atom. The number of nitrogens with zero attached hydrogens (tertiary/aromatic N) is 1. The number of sulfonamides is 1. The summed E-state index contributed by atoms with van der Waals surface area (Å²) in [7, 11) is -4.09. The molecule has 1 fully saturated rings. The minimum Gasteiger partial charge on any atom is -0.490 e. The van der Waals surface area contributed by atoms with Gasteiger partial charge < -0.3 is 24.3 Å². The lowest BCUT2D eigenvalue weighted by atomic mass is 10.1. The minimum atomic E-state index is -4.09. The van der Waals surface area contributed by atoms with E-state index in [1.165, 1.54) is 18.2 Å². The molecule has 0 aliphatic carbocycles. The first-order chi connectivity index (χ1) is 16.3. The summed E-state index contributed by atoms with van der Waals surface area (Å²) in [4.78, 5) is 12.5. The van der Waals surface area contributed by atoms with Crippen molar-refractivity contribution in [2.45, 2.75) is 25.7 Å². The van der Waals surface area contributed by atoms with E-state index >= 15 is 0 Å². The lowest BCUT2D eigenvalue weighted by molar-refractivity contribution is 0.0729. The lowest BCUT2D eigenvalue weighted by Crippen LogP contribution is -2.40. The van der Waals surface area contributed by atoms with E-state index in [2.05, 4.69) is 5.32 Å². The molecular formula is C23H29FN2O7S. The van der Waals surface area contributed by atoms with Crippen molar-refractivity contribution in [1.82, 2.24) is 4.31 Å². The number of anilines is 1. The Kier molecular flexibility index (Phi) is 8.70. The summed E-state index contributed by atoms with van der Waals surface area (Å²) in [6.45, 7) is 7.23. The van der Waals surface area contributed by atoms with Crippen molar-refractivity contribution in [3.8, 4) is 17.2 Å². The van der Waals surface area contributed by atoms with E-state index in [1.54, 1.807) is 13.8 Å². The number of nitrogens with one attached hydrogen (secondary N) is 1. The number of carbonyl (C=O) groups is 1. The Bertz CT molecular complexity index is 1090. The number of ether oxygens (including phenoxy) is 4. The maximum Gasteiger partial charge on any atom is 0.255 e. The molecule has 1 amide bonds. The van der Waals surface area contributed by atoms with Gasteiger partial charge in [-0.1, -0.05) is 0 Å². The quantitative estimate of drug-likeness (QED) is 0.538. The van der Waals surface area contributed by atoms with Crippen LogP contribution in [0.5, 0.6) is 17.2 Å². The van der Waals surface area contributed by atoms with Crippen LogP contribution in [0.1, 0.15) is 31.1 Å². The molecule has 0 unspecified atom stereocenters. The smallest absolute Gasteiger partial charge is 0.255 e. The van der Waals surface area contributed by atoms with Crippen molar-refractivity contribution in [1.29, 1.82) is 0 Å². The van der Waals surface area contributed by atoms with Crippen molar-refractivity contribution in [3.63, 3.8) is 0 Å². The molecule has 0 aromatic heterocycles. The van der Waals surface area contributed by atoms with Gasteiger partial charge in [-0.2, -0.15) is 4.31 Å². The van der Waals surface area contributed by atoms with Crippen LogP contribution in [0, 0.1) is 5.82 Å². The maximum atomic E-state index is 14.5. The van der Waals surface area contributed by atoms with Gasteiger partial charge in [0.15, 0.2) is 11.5 Å². The molecule has 0 atom stereocenters. The van der Waals surface area contributed by atoms with E-state index in [4.69, 9.17) is 18.9 Å². The molecule has 0 bridgehead atoms. The summed E-state index contributed by atoms with van der Waals surface area (Å²) in [6.07, 6.45) is 0. The molecule has 1 saturated heterocycles. The fourth-order valence-electron chi connectivity index (χ4n) is 3.43. The highest BCUT2D eigenvalue weighted by Crippen LogP contribution is 2.39. The van der Waals surface area contributed by atoms with Gasteiger partial charge in [0.05, 0.1) is 33.0 Å². The van der Waals surface area contributed by atoms with Gasteiger partial charge >= 0.3 is 0 Å². The van der Waals surface area contributed by atoms with E-state index in [-0.39, 0.29) is 37.6 Å². The van der Waals surface area contributed by atoms with Gasteiger partial charge in [-0.05, 0) is 51.1 Å². The Morgan fingerprint density at radius 3 is 2.15 bits per heavy atom. The minimum absolute atomic E-state index is 0.128. The molecule has 3 rings (SSSR count). The first kappa shape index (κ1) is 25.7. The topological polar surface area (TPSA) is 103 Å². The fourth-order valence-corrected chi connectivity index (χ4v) is 4.93. The molecule has 0 saturated carbocycles. The third-order valence-corrected chi connectivity index (χ3v) is 6.86. The zero-order chi connectivity index (χ0) is 24.7. The standard InChI is InChI=1S/C23H29FN2O7S/c1-4-31-19-13-16(14-20(32-5-2)22(19)33-6-3)23(27)25-17-7-8-18(24)21(15-17)34(28,29)26-9-11-30-12-10-26/h7-8,13-15H,4-6,9-12H2,1-3H3,(H,25,27). The Balaban J connectivity index is 1.91. The highest BCUT2D eigenvalue weighted by atomic mass is 32.2. The summed E-state index contributed by atoms with van der Waals surface area (Å²) < 4.78 is 63.6. The van der Waals surface area contributed by atoms with Gasteiger partial charge in [0.25, 0.3) is 5.91 Å². The van der Waals surface area contributed by atoms with Crippen LogP contribution in [-0.2, 0) is 14.8 Å².